The third-order valence-electron chi connectivity index (χ3n) is 4.00. The van der Waals surface area contributed by atoms with Gasteiger partial charge in [0.1, 0.15) is 11.6 Å². The van der Waals surface area contributed by atoms with E-state index in [-0.39, 0.29) is 12.0 Å². The van der Waals surface area contributed by atoms with Gasteiger partial charge in [-0.3, -0.25) is 4.79 Å². The molecule has 0 spiro atoms. The highest BCUT2D eigenvalue weighted by Gasteiger charge is 2.43. The second-order valence-electron chi connectivity index (χ2n) is 5.45. The largest absolute Gasteiger partial charge is 0.480 e. The molecule has 1 aliphatic heterocycles. The van der Waals surface area contributed by atoms with Gasteiger partial charge >= 0.3 is 5.97 Å². The van der Waals surface area contributed by atoms with Crippen molar-refractivity contribution in [3.8, 4) is 0 Å². The smallest absolute Gasteiger partial charge is 0.329 e. The summed E-state index contributed by atoms with van der Waals surface area (Å²) in [5.41, 5.74) is -1.06. The van der Waals surface area contributed by atoms with Crippen LogP contribution >= 0.6 is 0 Å². The van der Waals surface area contributed by atoms with Crippen LogP contribution in [0.25, 0.3) is 0 Å². The molecule has 5 heteroatoms. The Morgan fingerprint density at radius 2 is 1.89 bits per heavy atom. The van der Waals surface area contributed by atoms with Gasteiger partial charge in [-0.05, 0) is 32.6 Å². The molecule has 5 nitrogen and oxygen atoms in total. The van der Waals surface area contributed by atoms with Gasteiger partial charge in [-0.2, -0.15) is 0 Å². The molecule has 2 atom stereocenters. The van der Waals surface area contributed by atoms with Crippen LogP contribution < -0.4 is 5.32 Å². The summed E-state index contributed by atoms with van der Waals surface area (Å²) in [7, 11) is 0. The molecular weight excluding hydrogens is 234 g/mol. The highest BCUT2D eigenvalue weighted by molar-refractivity contribution is 5.89. The maximum Gasteiger partial charge on any atom is 0.329 e. The van der Waals surface area contributed by atoms with E-state index < -0.39 is 17.6 Å². The quantitative estimate of drug-likeness (QED) is 0.800. The fourth-order valence-corrected chi connectivity index (χ4v) is 2.86. The fraction of sp³-hybridized carbons (Fsp3) is 0.846. The number of aliphatic carboxylic acids is 1. The second-order valence-corrected chi connectivity index (χ2v) is 5.45. The first kappa shape index (κ1) is 13.3. The average Bonchev–Trinajstić information content (AvgIpc) is 2.77. The summed E-state index contributed by atoms with van der Waals surface area (Å²) < 4.78 is 5.48. The number of nitrogens with one attached hydrogen (secondary N) is 1. The Labute approximate surface area is 107 Å². The van der Waals surface area contributed by atoms with Crippen molar-refractivity contribution in [3.63, 3.8) is 0 Å². The number of carbonyl (C=O) groups excluding carboxylic acids is 1. The minimum absolute atomic E-state index is 0.0906. The number of carboxylic acids is 1. The summed E-state index contributed by atoms with van der Waals surface area (Å²) in [6.07, 6.45) is 4.96. The molecular formula is C13H21NO4. The zero-order valence-corrected chi connectivity index (χ0v) is 10.8. The lowest BCUT2D eigenvalue weighted by molar-refractivity contribution is -0.151. The molecule has 0 aromatic rings. The maximum atomic E-state index is 12.1. The van der Waals surface area contributed by atoms with Crippen molar-refractivity contribution >= 4 is 11.9 Å². The maximum absolute atomic E-state index is 12.1. The first-order valence-electron chi connectivity index (χ1n) is 6.74. The van der Waals surface area contributed by atoms with Crippen LogP contribution in [0.2, 0.25) is 0 Å². The van der Waals surface area contributed by atoms with E-state index >= 15 is 0 Å². The molecule has 0 radical (unpaired) electrons. The molecule has 2 rings (SSSR count). The summed E-state index contributed by atoms with van der Waals surface area (Å²) >= 11 is 0. The number of hydrogen-bond acceptors (Lipinski definition) is 3. The SMILES string of the molecule is CC1CCC(C(=O)NC2(C(=O)O)CCCCC2)O1. The molecule has 2 N–H and O–H groups in total. The van der Waals surface area contributed by atoms with E-state index in [0.717, 1.165) is 25.7 Å². The predicted octanol–water partition coefficient (Wildman–Crippen LogP) is 1.46. The van der Waals surface area contributed by atoms with Crippen molar-refractivity contribution in [2.24, 2.45) is 0 Å². The van der Waals surface area contributed by atoms with Crippen molar-refractivity contribution in [1.82, 2.24) is 5.32 Å². The molecule has 2 unspecified atom stereocenters. The average molecular weight is 255 g/mol. The lowest BCUT2D eigenvalue weighted by atomic mass is 9.81. The fourth-order valence-electron chi connectivity index (χ4n) is 2.86. The molecule has 0 aromatic carbocycles. The van der Waals surface area contributed by atoms with Gasteiger partial charge in [0.15, 0.2) is 0 Å². The van der Waals surface area contributed by atoms with Crippen molar-refractivity contribution < 1.29 is 19.4 Å². The Bertz CT molecular complexity index is 336. The van der Waals surface area contributed by atoms with Gasteiger partial charge < -0.3 is 15.2 Å². The van der Waals surface area contributed by atoms with Crippen molar-refractivity contribution in [2.75, 3.05) is 0 Å². The Morgan fingerprint density at radius 3 is 2.39 bits per heavy atom. The third-order valence-corrected chi connectivity index (χ3v) is 4.00. The van der Waals surface area contributed by atoms with Gasteiger partial charge in [-0.25, -0.2) is 4.79 Å². The number of carbonyl (C=O) groups is 2. The van der Waals surface area contributed by atoms with Crippen LogP contribution in [0.5, 0.6) is 0 Å². The highest BCUT2D eigenvalue weighted by atomic mass is 16.5. The normalized spacial score (nSPS) is 30.9. The Hall–Kier alpha value is -1.10. The van der Waals surface area contributed by atoms with Gasteiger partial charge in [0.25, 0.3) is 0 Å². The Morgan fingerprint density at radius 1 is 1.22 bits per heavy atom. The van der Waals surface area contributed by atoms with Crippen LogP contribution in [0.4, 0.5) is 0 Å². The molecule has 1 saturated heterocycles. The van der Waals surface area contributed by atoms with Gasteiger partial charge in [-0.1, -0.05) is 19.3 Å². The van der Waals surface area contributed by atoms with E-state index in [0.29, 0.717) is 19.3 Å². The number of ether oxygens (including phenoxy) is 1. The van der Waals surface area contributed by atoms with Gasteiger partial charge in [0.2, 0.25) is 5.91 Å². The number of carboxylic acid groups (broad SMARTS) is 1. The summed E-state index contributed by atoms with van der Waals surface area (Å²) in [5, 5.41) is 12.1. The number of amides is 1. The Balaban J connectivity index is 2.00. The van der Waals surface area contributed by atoms with Crippen LogP contribution in [0, 0.1) is 0 Å². The van der Waals surface area contributed by atoms with Crippen molar-refractivity contribution in [1.29, 1.82) is 0 Å². The van der Waals surface area contributed by atoms with E-state index in [1.807, 2.05) is 6.92 Å². The molecule has 0 bridgehead atoms. The van der Waals surface area contributed by atoms with Gasteiger partial charge in [0.05, 0.1) is 6.10 Å². The predicted molar refractivity (Wildman–Crippen MR) is 65.2 cm³/mol. The topological polar surface area (TPSA) is 75.6 Å². The van der Waals surface area contributed by atoms with Crippen LogP contribution in [-0.4, -0.2) is 34.7 Å². The van der Waals surface area contributed by atoms with Crippen LogP contribution in [0.15, 0.2) is 0 Å². The minimum Gasteiger partial charge on any atom is -0.480 e. The molecule has 0 aromatic heterocycles. The molecule has 1 heterocycles. The highest BCUT2D eigenvalue weighted by Crippen LogP contribution is 2.29. The lowest BCUT2D eigenvalue weighted by Crippen LogP contribution is -2.57. The van der Waals surface area contributed by atoms with E-state index in [2.05, 4.69) is 5.32 Å². The molecule has 1 saturated carbocycles. The van der Waals surface area contributed by atoms with Crippen molar-refractivity contribution in [2.45, 2.75) is 69.6 Å². The third kappa shape index (κ3) is 2.66. The van der Waals surface area contributed by atoms with Gasteiger partial charge in [0, 0.05) is 0 Å². The molecule has 2 fully saturated rings. The number of rotatable bonds is 3. The van der Waals surface area contributed by atoms with E-state index in [4.69, 9.17) is 4.74 Å². The standard InChI is InChI=1S/C13H21NO4/c1-9-5-6-10(18-9)11(15)14-13(12(16)17)7-3-2-4-8-13/h9-10H,2-8H2,1H3,(H,14,15)(H,16,17). The molecule has 1 aliphatic carbocycles. The number of hydrogen-bond donors (Lipinski definition) is 2. The summed E-state index contributed by atoms with van der Waals surface area (Å²) in [4.78, 5) is 23.5. The van der Waals surface area contributed by atoms with Gasteiger partial charge in [-0.15, -0.1) is 0 Å². The lowest BCUT2D eigenvalue weighted by Gasteiger charge is -2.34. The summed E-state index contributed by atoms with van der Waals surface area (Å²) in [6.45, 7) is 1.93. The first-order chi connectivity index (χ1) is 8.53. The first-order valence-corrected chi connectivity index (χ1v) is 6.74. The van der Waals surface area contributed by atoms with Crippen molar-refractivity contribution in [3.05, 3.63) is 0 Å². The summed E-state index contributed by atoms with van der Waals surface area (Å²) in [5.74, 6) is -1.18. The van der Waals surface area contributed by atoms with E-state index in [1.54, 1.807) is 0 Å². The summed E-state index contributed by atoms with van der Waals surface area (Å²) in [6, 6.07) is 0. The van der Waals surface area contributed by atoms with Crippen LogP contribution in [-0.2, 0) is 14.3 Å². The second kappa shape index (κ2) is 5.26. The van der Waals surface area contributed by atoms with Crippen LogP contribution in [0.1, 0.15) is 51.9 Å². The van der Waals surface area contributed by atoms with Crippen LogP contribution in [0.3, 0.4) is 0 Å². The molecule has 102 valence electrons. The molecule has 1 amide bonds. The molecule has 18 heavy (non-hydrogen) atoms. The van der Waals surface area contributed by atoms with E-state index in [9.17, 15) is 14.7 Å². The monoisotopic (exact) mass is 255 g/mol. The Kier molecular flexibility index (Phi) is 3.90. The molecule has 2 aliphatic rings. The zero-order valence-electron chi connectivity index (χ0n) is 10.8. The minimum atomic E-state index is -1.06. The zero-order chi connectivity index (χ0) is 13.2. The van der Waals surface area contributed by atoms with E-state index in [1.165, 1.54) is 0 Å².